The summed E-state index contributed by atoms with van der Waals surface area (Å²) in [6, 6.07) is 10.1. The fourth-order valence-corrected chi connectivity index (χ4v) is 2.80. The van der Waals surface area contributed by atoms with E-state index in [2.05, 4.69) is 9.82 Å². The van der Waals surface area contributed by atoms with Crippen LogP contribution in [0.5, 0.6) is 0 Å². The van der Waals surface area contributed by atoms with Gasteiger partial charge in [-0.1, -0.05) is 12.1 Å². The van der Waals surface area contributed by atoms with Crippen LogP contribution in [0, 0.1) is 11.3 Å². The van der Waals surface area contributed by atoms with Gasteiger partial charge < -0.3 is 0 Å². The molecule has 0 saturated heterocycles. The standard InChI is InChI=1S/C12H12N4O2S/c1-16-12(7-9-14-16)19(17,18)15-11-4-2-10(3-5-11)6-8-13/h2-5,7,9,15H,6H2,1H3. The van der Waals surface area contributed by atoms with Crippen molar-refractivity contribution in [3.63, 3.8) is 0 Å². The Balaban J connectivity index is 2.22. The Bertz CT molecular complexity index is 711. The second-order valence-corrected chi connectivity index (χ2v) is 5.56. The summed E-state index contributed by atoms with van der Waals surface area (Å²) in [5.74, 6) is 0. The van der Waals surface area contributed by atoms with Crippen LogP contribution in [-0.4, -0.2) is 18.2 Å². The average Bonchev–Trinajstić information content (AvgIpc) is 2.79. The van der Waals surface area contributed by atoms with Gasteiger partial charge in [0, 0.05) is 12.7 Å². The summed E-state index contributed by atoms with van der Waals surface area (Å²) in [5, 5.41) is 12.5. The molecule has 0 fully saturated rings. The normalized spacial score (nSPS) is 10.9. The minimum absolute atomic E-state index is 0.0913. The van der Waals surface area contributed by atoms with Crippen LogP contribution in [0.1, 0.15) is 5.56 Å². The highest BCUT2D eigenvalue weighted by Gasteiger charge is 2.17. The van der Waals surface area contributed by atoms with E-state index < -0.39 is 10.0 Å². The van der Waals surface area contributed by atoms with Gasteiger partial charge in [-0.2, -0.15) is 18.8 Å². The van der Waals surface area contributed by atoms with Crippen molar-refractivity contribution in [3.05, 3.63) is 42.1 Å². The number of aromatic nitrogens is 2. The van der Waals surface area contributed by atoms with Gasteiger partial charge >= 0.3 is 0 Å². The van der Waals surface area contributed by atoms with E-state index >= 15 is 0 Å². The lowest BCUT2D eigenvalue weighted by atomic mass is 10.1. The monoisotopic (exact) mass is 276 g/mol. The molecule has 1 aromatic carbocycles. The highest BCUT2D eigenvalue weighted by atomic mass is 32.2. The Morgan fingerprint density at radius 3 is 2.53 bits per heavy atom. The summed E-state index contributed by atoms with van der Waals surface area (Å²) in [6.45, 7) is 0. The van der Waals surface area contributed by atoms with Crippen LogP contribution >= 0.6 is 0 Å². The highest BCUT2D eigenvalue weighted by molar-refractivity contribution is 7.92. The molecule has 0 saturated carbocycles. The van der Waals surface area contributed by atoms with Crippen molar-refractivity contribution >= 4 is 15.7 Å². The summed E-state index contributed by atoms with van der Waals surface area (Å²) in [4.78, 5) is 0. The first-order valence-corrected chi connectivity index (χ1v) is 6.98. The third-order valence-corrected chi connectivity index (χ3v) is 4.00. The number of nitrogens with one attached hydrogen (secondary N) is 1. The molecule has 0 radical (unpaired) electrons. The number of hydrogen-bond donors (Lipinski definition) is 1. The van der Waals surface area contributed by atoms with Crippen molar-refractivity contribution in [1.82, 2.24) is 9.78 Å². The summed E-state index contributed by atoms with van der Waals surface area (Å²) in [5.41, 5.74) is 1.29. The number of hydrogen-bond acceptors (Lipinski definition) is 4. The molecule has 6 nitrogen and oxygen atoms in total. The van der Waals surface area contributed by atoms with Crippen LogP contribution in [0.15, 0.2) is 41.6 Å². The Labute approximate surface area is 111 Å². The predicted molar refractivity (Wildman–Crippen MR) is 69.8 cm³/mol. The van der Waals surface area contributed by atoms with Gasteiger partial charge in [0.1, 0.15) is 0 Å². The van der Waals surface area contributed by atoms with Crippen LogP contribution in [0.3, 0.4) is 0 Å². The molecule has 0 unspecified atom stereocenters. The van der Waals surface area contributed by atoms with Gasteiger partial charge in [0.15, 0.2) is 5.03 Å². The van der Waals surface area contributed by atoms with Crippen molar-refractivity contribution in [2.24, 2.45) is 7.05 Å². The lowest BCUT2D eigenvalue weighted by Gasteiger charge is -2.08. The maximum Gasteiger partial charge on any atom is 0.279 e. The van der Waals surface area contributed by atoms with Crippen molar-refractivity contribution in [1.29, 1.82) is 5.26 Å². The summed E-state index contributed by atoms with van der Waals surface area (Å²) in [6.07, 6.45) is 1.72. The summed E-state index contributed by atoms with van der Waals surface area (Å²) >= 11 is 0. The first-order chi connectivity index (χ1) is 9.03. The molecule has 19 heavy (non-hydrogen) atoms. The molecule has 1 heterocycles. The van der Waals surface area contributed by atoms with Crippen molar-refractivity contribution in [2.75, 3.05) is 4.72 Å². The molecule has 0 amide bonds. The molecular formula is C12H12N4O2S. The van der Waals surface area contributed by atoms with Crippen molar-refractivity contribution in [2.45, 2.75) is 11.4 Å². The predicted octanol–water partition coefficient (Wildman–Crippen LogP) is 1.29. The zero-order valence-corrected chi connectivity index (χ0v) is 11.1. The van der Waals surface area contributed by atoms with Crippen LogP contribution in [0.4, 0.5) is 5.69 Å². The lowest BCUT2D eigenvalue weighted by molar-refractivity contribution is 0.582. The molecule has 1 aromatic heterocycles. The van der Waals surface area contributed by atoms with E-state index in [-0.39, 0.29) is 5.03 Å². The quantitative estimate of drug-likeness (QED) is 0.911. The maximum atomic E-state index is 12.1. The molecule has 0 bridgehead atoms. The lowest BCUT2D eigenvalue weighted by Crippen LogP contribution is -2.16. The van der Waals surface area contributed by atoms with Crippen molar-refractivity contribution < 1.29 is 8.42 Å². The number of anilines is 1. The number of rotatable bonds is 4. The number of nitriles is 1. The number of sulfonamides is 1. The van der Waals surface area contributed by atoms with Crippen LogP contribution in [-0.2, 0) is 23.5 Å². The van der Waals surface area contributed by atoms with Crippen molar-refractivity contribution in [3.8, 4) is 6.07 Å². The number of aryl methyl sites for hydroxylation is 1. The third-order valence-electron chi connectivity index (χ3n) is 2.54. The fraction of sp³-hybridized carbons (Fsp3) is 0.167. The van der Waals surface area contributed by atoms with Crippen LogP contribution < -0.4 is 4.72 Å². The Morgan fingerprint density at radius 2 is 2.00 bits per heavy atom. The molecule has 0 aliphatic carbocycles. The molecule has 0 aliphatic rings. The average molecular weight is 276 g/mol. The van der Waals surface area contributed by atoms with Gasteiger partial charge in [-0.25, -0.2) is 0 Å². The number of benzene rings is 1. The highest BCUT2D eigenvalue weighted by Crippen LogP contribution is 2.16. The molecule has 2 rings (SSSR count). The van der Waals surface area contributed by atoms with E-state index in [0.29, 0.717) is 12.1 Å². The Morgan fingerprint density at radius 1 is 1.32 bits per heavy atom. The van der Waals surface area contributed by atoms with E-state index in [1.807, 2.05) is 6.07 Å². The first kappa shape index (κ1) is 13.1. The molecule has 98 valence electrons. The van der Waals surface area contributed by atoms with E-state index in [0.717, 1.165) is 5.56 Å². The van der Waals surface area contributed by atoms with Crippen LogP contribution in [0.2, 0.25) is 0 Å². The Hall–Kier alpha value is -2.33. The van der Waals surface area contributed by atoms with E-state index in [1.165, 1.54) is 16.9 Å². The SMILES string of the molecule is Cn1nccc1S(=O)(=O)Nc1ccc(CC#N)cc1. The molecule has 0 aliphatic heterocycles. The molecule has 1 N–H and O–H groups in total. The first-order valence-electron chi connectivity index (χ1n) is 5.49. The minimum atomic E-state index is -3.64. The van der Waals surface area contributed by atoms with Gasteiger partial charge in [0.2, 0.25) is 0 Å². The molecule has 0 spiro atoms. The van der Waals surface area contributed by atoms with E-state index in [1.54, 1.807) is 31.3 Å². The zero-order valence-electron chi connectivity index (χ0n) is 10.2. The molecular weight excluding hydrogens is 264 g/mol. The van der Waals surface area contributed by atoms with Gasteiger partial charge in [-0.15, -0.1) is 0 Å². The molecule has 7 heteroatoms. The number of nitrogens with zero attached hydrogens (tertiary/aromatic N) is 3. The molecule has 0 atom stereocenters. The van der Waals surface area contributed by atoms with E-state index in [4.69, 9.17) is 5.26 Å². The topological polar surface area (TPSA) is 87.8 Å². The smallest absolute Gasteiger partial charge is 0.278 e. The zero-order chi connectivity index (χ0) is 13.9. The van der Waals surface area contributed by atoms with E-state index in [9.17, 15) is 8.42 Å². The minimum Gasteiger partial charge on any atom is -0.278 e. The Kier molecular flexibility index (Phi) is 3.53. The largest absolute Gasteiger partial charge is 0.279 e. The second kappa shape index (κ2) is 5.12. The van der Waals surface area contributed by atoms with Gasteiger partial charge in [0.05, 0.1) is 18.7 Å². The van der Waals surface area contributed by atoms with Gasteiger partial charge in [-0.3, -0.25) is 9.40 Å². The maximum absolute atomic E-state index is 12.1. The second-order valence-electron chi connectivity index (χ2n) is 3.93. The van der Waals surface area contributed by atoms with Gasteiger partial charge in [-0.05, 0) is 23.8 Å². The van der Waals surface area contributed by atoms with Gasteiger partial charge in [0.25, 0.3) is 10.0 Å². The third kappa shape index (κ3) is 2.92. The molecule has 2 aromatic rings. The fourth-order valence-electron chi connectivity index (χ4n) is 1.61. The summed E-state index contributed by atoms with van der Waals surface area (Å²) < 4.78 is 27.9. The summed E-state index contributed by atoms with van der Waals surface area (Å²) in [7, 11) is -2.08. The van der Waals surface area contributed by atoms with Crippen LogP contribution in [0.25, 0.3) is 0 Å².